The van der Waals surface area contributed by atoms with Gasteiger partial charge in [0.25, 0.3) is 5.91 Å². The summed E-state index contributed by atoms with van der Waals surface area (Å²) in [5.74, 6) is 0.704. The standard InChI is InChI=1S/C22H16Cl2N2O3/c1-13-2-6-16(7-3-13)28-12-21(27)25-18-10-14(4-8-17(18)24)22-26-19-11-15(23)5-9-20(19)29-22/h2-11H,12H2,1H3,(H,25,27). The molecule has 0 saturated carbocycles. The average Bonchev–Trinajstić information content (AvgIpc) is 3.12. The maximum atomic E-state index is 12.3. The first-order valence-electron chi connectivity index (χ1n) is 8.83. The third-order valence-electron chi connectivity index (χ3n) is 4.23. The lowest BCUT2D eigenvalue weighted by atomic mass is 10.2. The normalized spacial score (nSPS) is 10.9. The van der Waals surface area contributed by atoms with Crippen LogP contribution in [0.3, 0.4) is 0 Å². The number of amides is 1. The molecule has 4 rings (SSSR count). The van der Waals surface area contributed by atoms with Gasteiger partial charge >= 0.3 is 0 Å². The van der Waals surface area contributed by atoms with Crippen LogP contribution in [-0.4, -0.2) is 17.5 Å². The summed E-state index contributed by atoms with van der Waals surface area (Å²) >= 11 is 12.2. The van der Waals surface area contributed by atoms with Crippen LogP contribution >= 0.6 is 23.2 Å². The highest BCUT2D eigenvalue weighted by Gasteiger charge is 2.13. The van der Waals surface area contributed by atoms with Gasteiger partial charge in [-0.15, -0.1) is 0 Å². The van der Waals surface area contributed by atoms with Gasteiger partial charge in [0, 0.05) is 10.6 Å². The molecule has 1 aromatic heterocycles. The number of carbonyl (C=O) groups excluding carboxylic acids is 1. The van der Waals surface area contributed by atoms with Crippen LogP contribution in [0.4, 0.5) is 5.69 Å². The first-order valence-corrected chi connectivity index (χ1v) is 9.59. The predicted molar refractivity (Wildman–Crippen MR) is 115 cm³/mol. The van der Waals surface area contributed by atoms with Crippen LogP contribution in [0.2, 0.25) is 10.0 Å². The van der Waals surface area contributed by atoms with E-state index in [9.17, 15) is 4.79 Å². The van der Waals surface area contributed by atoms with Gasteiger partial charge in [0.2, 0.25) is 5.89 Å². The molecule has 0 spiro atoms. The number of carbonyl (C=O) groups is 1. The molecule has 0 aliphatic heterocycles. The SMILES string of the molecule is Cc1ccc(OCC(=O)Nc2cc(-c3nc4cc(Cl)ccc4o3)ccc2Cl)cc1. The second-order valence-electron chi connectivity index (χ2n) is 6.48. The summed E-state index contributed by atoms with van der Waals surface area (Å²) in [7, 11) is 0. The van der Waals surface area contributed by atoms with Crippen molar-refractivity contribution in [2.24, 2.45) is 0 Å². The summed E-state index contributed by atoms with van der Waals surface area (Å²) in [5, 5.41) is 3.74. The molecule has 146 valence electrons. The van der Waals surface area contributed by atoms with Crippen molar-refractivity contribution >= 4 is 45.9 Å². The summed E-state index contributed by atoms with van der Waals surface area (Å²) < 4.78 is 11.3. The summed E-state index contributed by atoms with van der Waals surface area (Å²) in [6, 6.07) is 17.8. The topological polar surface area (TPSA) is 64.4 Å². The molecular weight excluding hydrogens is 411 g/mol. The lowest BCUT2D eigenvalue weighted by Crippen LogP contribution is -2.20. The minimum atomic E-state index is -0.325. The molecular formula is C22H16Cl2N2O3. The van der Waals surface area contributed by atoms with Crippen molar-refractivity contribution in [3.8, 4) is 17.2 Å². The monoisotopic (exact) mass is 426 g/mol. The Balaban J connectivity index is 1.50. The van der Waals surface area contributed by atoms with Gasteiger partial charge in [-0.05, 0) is 55.5 Å². The molecule has 0 aliphatic rings. The van der Waals surface area contributed by atoms with Gasteiger partial charge < -0.3 is 14.5 Å². The molecule has 0 atom stereocenters. The van der Waals surface area contributed by atoms with Crippen molar-refractivity contribution in [3.05, 3.63) is 76.3 Å². The molecule has 5 nitrogen and oxygen atoms in total. The van der Waals surface area contributed by atoms with Gasteiger partial charge in [-0.2, -0.15) is 0 Å². The van der Waals surface area contributed by atoms with Crippen LogP contribution in [0, 0.1) is 6.92 Å². The Hall–Kier alpha value is -3.02. The zero-order valence-electron chi connectivity index (χ0n) is 15.4. The number of ether oxygens (including phenoxy) is 1. The van der Waals surface area contributed by atoms with Crippen molar-refractivity contribution in [2.75, 3.05) is 11.9 Å². The zero-order chi connectivity index (χ0) is 20.4. The van der Waals surface area contributed by atoms with E-state index in [1.165, 1.54) is 0 Å². The number of benzene rings is 3. The van der Waals surface area contributed by atoms with E-state index in [2.05, 4.69) is 10.3 Å². The number of oxazole rings is 1. The van der Waals surface area contributed by atoms with Crippen molar-refractivity contribution in [2.45, 2.75) is 6.92 Å². The quantitative estimate of drug-likeness (QED) is 0.416. The third-order valence-corrected chi connectivity index (χ3v) is 4.79. The highest BCUT2D eigenvalue weighted by molar-refractivity contribution is 6.33. The Morgan fingerprint density at radius 3 is 2.66 bits per heavy atom. The smallest absolute Gasteiger partial charge is 0.262 e. The lowest BCUT2D eigenvalue weighted by Gasteiger charge is -2.10. The molecule has 0 saturated heterocycles. The minimum Gasteiger partial charge on any atom is -0.484 e. The van der Waals surface area contributed by atoms with Gasteiger partial charge in [0.05, 0.1) is 10.7 Å². The first-order chi connectivity index (χ1) is 14.0. The molecule has 1 N–H and O–H groups in total. The van der Waals surface area contributed by atoms with Gasteiger partial charge in [-0.3, -0.25) is 4.79 Å². The summed E-state index contributed by atoms with van der Waals surface area (Å²) in [5.41, 5.74) is 3.52. The highest BCUT2D eigenvalue weighted by atomic mass is 35.5. The van der Waals surface area contributed by atoms with Gasteiger partial charge in [0.1, 0.15) is 11.3 Å². The van der Waals surface area contributed by atoms with Crippen LogP contribution in [-0.2, 0) is 4.79 Å². The molecule has 29 heavy (non-hydrogen) atoms. The molecule has 1 heterocycles. The van der Waals surface area contributed by atoms with E-state index in [1.807, 2.05) is 31.2 Å². The number of halogens is 2. The fourth-order valence-electron chi connectivity index (χ4n) is 2.75. The molecule has 0 bridgehead atoms. The molecule has 0 fully saturated rings. The predicted octanol–water partition coefficient (Wildman–Crippen LogP) is 6.13. The molecule has 4 aromatic rings. The number of aromatic nitrogens is 1. The third kappa shape index (κ3) is 4.53. The first kappa shape index (κ1) is 19.3. The number of nitrogens with one attached hydrogen (secondary N) is 1. The van der Waals surface area contributed by atoms with Gasteiger partial charge in [-0.25, -0.2) is 4.98 Å². The lowest BCUT2D eigenvalue weighted by molar-refractivity contribution is -0.118. The van der Waals surface area contributed by atoms with Crippen LogP contribution in [0.5, 0.6) is 5.75 Å². The Morgan fingerprint density at radius 1 is 1.07 bits per heavy atom. The average molecular weight is 427 g/mol. The van der Waals surface area contributed by atoms with Gasteiger partial charge in [0.15, 0.2) is 12.2 Å². The zero-order valence-corrected chi connectivity index (χ0v) is 16.9. The fraction of sp³-hybridized carbons (Fsp3) is 0.0909. The van der Waals surface area contributed by atoms with Crippen molar-refractivity contribution in [3.63, 3.8) is 0 Å². The Kier molecular flexibility index (Phi) is 5.43. The van der Waals surface area contributed by atoms with E-state index in [4.69, 9.17) is 32.4 Å². The second-order valence-corrected chi connectivity index (χ2v) is 7.32. The van der Waals surface area contributed by atoms with Crippen molar-refractivity contribution in [1.29, 1.82) is 0 Å². The maximum Gasteiger partial charge on any atom is 0.262 e. The summed E-state index contributed by atoms with van der Waals surface area (Å²) in [4.78, 5) is 16.7. The molecule has 0 aliphatic carbocycles. The number of fused-ring (bicyclic) bond motifs is 1. The number of rotatable bonds is 5. The number of anilines is 1. The molecule has 3 aromatic carbocycles. The van der Waals surface area contributed by atoms with Crippen molar-refractivity contribution < 1.29 is 13.9 Å². The molecule has 7 heteroatoms. The van der Waals surface area contributed by atoms with E-state index in [-0.39, 0.29) is 12.5 Å². The maximum absolute atomic E-state index is 12.3. The molecule has 1 amide bonds. The number of hydrogen-bond donors (Lipinski definition) is 1. The Morgan fingerprint density at radius 2 is 1.86 bits per heavy atom. The van der Waals surface area contributed by atoms with E-state index in [1.54, 1.807) is 36.4 Å². The van der Waals surface area contributed by atoms with Crippen LogP contribution in [0.25, 0.3) is 22.6 Å². The Bertz CT molecular complexity index is 1190. The Labute approximate surface area is 177 Å². The summed E-state index contributed by atoms with van der Waals surface area (Å²) in [6.07, 6.45) is 0. The number of nitrogens with zero attached hydrogens (tertiary/aromatic N) is 1. The fourth-order valence-corrected chi connectivity index (χ4v) is 3.08. The van der Waals surface area contributed by atoms with Crippen LogP contribution in [0.15, 0.2) is 65.1 Å². The largest absolute Gasteiger partial charge is 0.484 e. The van der Waals surface area contributed by atoms with Gasteiger partial charge in [-0.1, -0.05) is 40.9 Å². The van der Waals surface area contributed by atoms with E-state index < -0.39 is 0 Å². The molecule has 0 radical (unpaired) electrons. The van der Waals surface area contributed by atoms with Crippen LogP contribution < -0.4 is 10.1 Å². The summed E-state index contributed by atoms with van der Waals surface area (Å²) in [6.45, 7) is 1.85. The van der Waals surface area contributed by atoms with Crippen LogP contribution in [0.1, 0.15) is 5.56 Å². The minimum absolute atomic E-state index is 0.134. The van der Waals surface area contributed by atoms with E-state index in [0.29, 0.717) is 44.0 Å². The van der Waals surface area contributed by atoms with E-state index >= 15 is 0 Å². The second kappa shape index (κ2) is 8.15. The van der Waals surface area contributed by atoms with E-state index in [0.717, 1.165) is 5.56 Å². The van der Waals surface area contributed by atoms with Crippen molar-refractivity contribution in [1.82, 2.24) is 4.98 Å². The molecule has 0 unspecified atom stereocenters. The number of hydrogen-bond acceptors (Lipinski definition) is 4. The highest BCUT2D eigenvalue weighted by Crippen LogP contribution is 2.31. The number of aryl methyl sites for hydroxylation is 1.